The maximum absolute atomic E-state index is 13.7. The van der Waals surface area contributed by atoms with Crippen LogP contribution in [-0.4, -0.2) is 0 Å². The molecule has 0 N–H and O–H groups in total. The van der Waals surface area contributed by atoms with Gasteiger partial charge < -0.3 is 0 Å². The second-order valence-corrected chi connectivity index (χ2v) is 3.91. The van der Waals surface area contributed by atoms with Gasteiger partial charge in [0, 0.05) is 5.57 Å². The van der Waals surface area contributed by atoms with Gasteiger partial charge in [-0.15, -0.1) is 0 Å². The van der Waals surface area contributed by atoms with Gasteiger partial charge in [-0.1, -0.05) is 56.3 Å². The molecule has 1 aromatic carbocycles. The summed E-state index contributed by atoms with van der Waals surface area (Å²) in [5.41, 5.74) is 2.70. The van der Waals surface area contributed by atoms with Crippen LogP contribution in [0.5, 0.6) is 0 Å². The van der Waals surface area contributed by atoms with Crippen molar-refractivity contribution in [1.82, 2.24) is 0 Å². The summed E-state index contributed by atoms with van der Waals surface area (Å²) in [6.07, 6.45) is 6.88. The molecule has 0 amide bonds. The quantitative estimate of drug-likeness (QED) is 0.619. The van der Waals surface area contributed by atoms with Crippen LogP contribution in [0.3, 0.4) is 0 Å². The van der Waals surface area contributed by atoms with Gasteiger partial charge in [0.15, 0.2) is 0 Å². The van der Waals surface area contributed by atoms with Gasteiger partial charge in [-0.2, -0.15) is 0 Å². The lowest BCUT2D eigenvalue weighted by atomic mass is 10.0. The molecule has 0 spiro atoms. The number of benzene rings is 1. The predicted octanol–water partition coefficient (Wildman–Crippen LogP) is 5.08. The highest BCUT2D eigenvalue weighted by atomic mass is 19.1. The van der Waals surface area contributed by atoms with Gasteiger partial charge in [-0.3, -0.25) is 0 Å². The van der Waals surface area contributed by atoms with E-state index in [2.05, 4.69) is 13.5 Å². The minimum Gasteiger partial charge on any atom is -0.206 e. The van der Waals surface area contributed by atoms with Gasteiger partial charge in [0.1, 0.15) is 5.83 Å². The molecular formula is C16H19F. The molecule has 0 atom stereocenters. The molecule has 0 saturated carbocycles. The Kier molecular flexibility index (Phi) is 5.41. The van der Waals surface area contributed by atoms with E-state index in [-0.39, 0.29) is 5.83 Å². The third kappa shape index (κ3) is 3.70. The first kappa shape index (κ1) is 13.4. The molecule has 0 aliphatic heterocycles. The van der Waals surface area contributed by atoms with Gasteiger partial charge in [0.2, 0.25) is 0 Å². The van der Waals surface area contributed by atoms with E-state index in [0.29, 0.717) is 5.57 Å². The summed E-state index contributed by atoms with van der Waals surface area (Å²) < 4.78 is 13.7. The lowest BCUT2D eigenvalue weighted by molar-refractivity contribution is 0.671. The van der Waals surface area contributed by atoms with E-state index < -0.39 is 0 Å². The fourth-order valence-electron chi connectivity index (χ4n) is 1.73. The highest BCUT2D eigenvalue weighted by molar-refractivity contribution is 5.76. The second kappa shape index (κ2) is 6.85. The number of hydrogen-bond donors (Lipinski definition) is 0. The Bertz CT molecular complexity index is 421. The van der Waals surface area contributed by atoms with Crippen molar-refractivity contribution in [3.05, 3.63) is 66.0 Å². The molecule has 1 aromatic rings. The van der Waals surface area contributed by atoms with Gasteiger partial charge in [-0.25, -0.2) is 4.39 Å². The summed E-state index contributed by atoms with van der Waals surface area (Å²) in [7, 11) is 0. The van der Waals surface area contributed by atoms with Crippen molar-refractivity contribution < 1.29 is 4.39 Å². The minimum atomic E-state index is -0.245. The Hall–Kier alpha value is -1.63. The standard InChI is InChI=1S/C16H19F/c1-4-7-13-9-11-14(12-10-13)15(6-3)16(17)8-5-2/h5-6,8-12H,3-4,7H2,1-2H3/b8-5-,16-15-. The van der Waals surface area contributed by atoms with Crippen LogP contribution in [0.25, 0.3) is 5.57 Å². The van der Waals surface area contributed by atoms with Crippen molar-refractivity contribution in [1.29, 1.82) is 0 Å². The highest BCUT2D eigenvalue weighted by Crippen LogP contribution is 2.22. The minimum absolute atomic E-state index is 0.245. The summed E-state index contributed by atoms with van der Waals surface area (Å²) in [6, 6.07) is 7.99. The van der Waals surface area contributed by atoms with Crippen molar-refractivity contribution in [2.45, 2.75) is 26.7 Å². The molecule has 1 heteroatoms. The van der Waals surface area contributed by atoms with E-state index in [0.717, 1.165) is 18.4 Å². The zero-order chi connectivity index (χ0) is 12.7. The molecule has 0 saturated heterocycles. The first-order chi connectivity index (χ1) is 8.22. The Morgan fingerprint density at radius 2 is 1.94 bits per heavy atom. The number of halogens is 1. The Labute approximate surface area is 103 Å². The maximum atomic E-state index is 13.7. The van der Waals surface area contributed by atoms with Crippen molar-refractivity contribution in [2.24, 2.45) is 0 Å². The van der Waals surface area contributed by atoms with E-state index in [1.165, 1.54) is 11.6 Å². The molecule has 90 valence electrons. The van der Waals surface area contributed by atoms with Gasteiger partial charge in [0.25, 0.3) is 0 Å². The third-order valence-electron chi connectivity index (χ3n) is 2.58. The van der Waals surface area contributed by atoms with E-state index in [1.807, 2.05) is 24.3 Å². The second-order valence-electron chi connectivity index (χ2n) is 3.91. The van der Waals surface area contributed by atoms with E-state index in [4.69, 9.17) is 0 Å². The van der Waals surface area contributed by atoms with Crippen molar-refractivity contribution >= 4 is 5.57 Å². The van der Waals surface area contributed by atoms with Crippen LogP contribution in [0.1, 0.15) is 31.4 Å². The topological polar surface area (TPSA) is 0 Å². The number of allylic oxidation sites excluding steroid dienone is 5. The summed E-state index contributed by atoms with van der Waals surface area (Å²) in [6.45, 7) is 7.61. The van der Waals surface area contributed by atoms with Crippen molar-refractivity contribution in [2.75, 3.05) is 0 Å². The maximum Gasteiger partial charge on any atom is 0.130 e. The highest BCUT2D eigenvalue weighted by Gasteiger charge is 2.03. The van der Waals surface area contributed by atoms with Gasteiger partial charge in [0.05, 0.1) is 0 Å². The van der Waals surface area contributed by atoms with E-state index in [9.17, 15) is 4.39 Å². The molecule has 1 rings (SSSR count). The molecule has 0 aliphatic carbocycles. The molecular weight excluding hydrogens is 211 g/mol. The predicted molar refractivity (Wildman–Crippen MR) is 73.5 cm³/mol. The summed E-state index contributed by atoms with van der Waals surface area (Å²) in [5, 5.41) is 0. The first-order valence-corrected chi connectivity index (χ1v) is 5.97. The van der Waals surface area contributed by atoms with Crippen LogP contribution in [0.2, 0.25) is 0 Å². The molecule has 0 heterocycles. The molecule has 0 fully saturated rings. The summed E-state index contributed by atoms with van der Waals surface area (Å²) in [5.74, 6) is -0.245. The van der Waals surface area contributed by atoms with Crippen LogP contribution >= 0.6 is 0 Å². The van der Waals surface area contributed by atoms with Gasteiger partial charge in [-0.05, 0) is 30.5 Å². The average Bonchev–Trinajstić information content (AvgIpc) is 2.33. The molecule has 0 bridgehead atoms. The summed E-state index contributed by atoms with van der Waals surface area (Å²) in [4.78, 5) is 0. The smallest absolute Gasteiger partial charge is 0.130 e. The molecule has 0 nitrogen and oxygen atoms in total. The number of hydrogen-bond acceptors (Lipinski definition) is 0. The van der Waals surface area contributed by atoms with Crippen molar-refractivity contribution in [3.8, 4) is 0 Å². The Morgan fingerprint density at radius 1 is 1.29 bits per heavy atom. The van der Waals surface area contributed by atoms with Crippen molar-refractivity contribution in [3.63, 3.8) is 0 Å². The number of aryl methyl sites for hydroxylation is 1. The van der Waals surface area contributed by atoms with Crippen LogP contribution in [0, 0.1) is 0 Å². The largest absolute Gasteiger partial charge is 0.206 e. The molecule has 0 aromatic heterocycles. The fourth-order valence-corrected chi connectivity index (χ4v) is 1.73. The SMILES string of the molecule is C=C/C(=C(F)\C=C/C)c1ccc(CCC)cc1. The lowest BCUT2D eigenvalue weighted by Crippen LogP contribution is -1.87. The van der Waals surface area contributed by atoms with Crippen LogP contribution < -0.4 is 0 Å². The van der Waals surface area contributed by atoms with Crippen LogP contribution in [-0.2, 0) is 6.42 Å². The molecule has 0 aliphatic rings. The van der Waals surface area contributed by atoms with Gasteiger partial charge >= 0.3 is 0 Å². The Morgan fingerprint density at radius 3 is 2.41 bits per heavy atom. The van der Waals surface area contributed by atoms with Crippen LogP contribution in [0.4, 0.5) is 4.39 Å². The van der Waals surface area contributed by atoms with E-state index in [1.54, 1.807) is 19.1 Å². The average molecular weight is 230 g/mol. The molecule has 17 heavy (non-hydrogen) atoms. The number of rotatable bonds is 5. The van der Waals surface area contributed by atoms with Crippen LogP contribution in [0.15, 0.2) is 54.9 Å². The third-order valence-corrected chi connectivity index (χ3v) is 2.58. The zero-order valence-corrected chi connectivity index (χ0v) is 10.5. The zero-order valence-electron chi connectivity index (χ0n) is 10.5. The monoisotopic (exact) mass is 230 g/mol. The normalized spacial score (nSPS) is 12.6. The summed E-state index contributed by atoms with van der Waals surface area (Å²) >= 11 is 0. The molecule has 0 radical (unpaired) electrons. The lowest BCUT2D eigenvalue weighted by Gasteiger charge is -2.05. The fraction of sp³-hybridized carbons (Fsp3) is 0.250. The Balaban J connectivity index is 3.05. The first-order valence-electron chi connectivity index (χ1n) is 5.97. The van der Waals surface area contributed by atoms with E-state index >= 15 is 0 Å². The molecule has 0 unspecified atom stereocenters.